The second kappa shape index (κ2) is 6.86. The Labute approximate surface area is 95.6 Å². The predicted molar refractivity (Wildman–Crippen MR) is 62.7 cm³/mol. The van der Waals surface area contributed by atoms with Crippen LogP contribution < -0.4 is 10.5 Å². The molecule has 3 heteroatoms. The van der Waals surface area contributed by atoms with Crippen LogP contribution in [0.3, 0.4) is 0 Å². The summed E-state index contributed by atoms with van der Waals surface area (Å²) in [4.78, 5) is 0. The van der Waals surface area contributed by atoms with Gasteiger partial charge in [-0.05, 0) is 24.6 Å². The zero-order valence-corrected chi connectivity index (χ0v) is 9.42. The fourth-order valence-corrected chi connectivity index (χ4v) is 1.20. The minimum atomic E-state index is -0.316. The van der Waals surface area contributed by atoms with Crippen LogP contribution in [-0.4, -0.2) is 13.2 Å². The lowest BCUT2D eigenvalue weighted by atomic mass is 10.2. The van der Waals surface area contributed by atoms with E-state index in [1.807, 2.05) is 0 Å². The third-order valence-electron chi connectivity index (χ3n) is 2.02. The van der Waals surface area contributed by atoms with Crippen molar-refractivity contribution in [3.63, 3.8) is 0 Å². The van der Waals surface area contributed by atoms with E-state index in [9.17, 15) is 4.39 Å². The normalized spacial score (nSPS) is 9.44. The van der Waals surface area contributed by atoms with Gasteiger partial charge in [-0.25, -0.2) is 4.39 Å². The first-order chi connectivity index (χ1) is 7.77. The van der Waals surface area contributed by atoms with E-state index < -0.39 is 0 Å². The first-order valence-corrected chi connectivity index (χ1v) is 5.39. The highest BCUT2D eigenvalue weighted by Gasteiger charge is 2.02. The molecular weight excluding hydrogens is 205 g/mol. The van der Waals surface area contributed by atoms with Crippen molar-refractivity contribution in [3.05, 3.63) is 29.6 Å². The van der Waals surface area contributed by atoms with Crippen LogP contribution in [0.5, 0.6) is 5.75 Å². The molecular formula is C13H16FNO. The zero-order valence-electron chi connectivity index (χ0n) is 9.42. The molecule has 2 N–H and O–H groups in total. The summed E-state index contributed by atoms with van der Waals surface area (Å²) in [5.74, 6) is 5.80. The van der Waals surface area contributed by atoms with Gasteiger partial charge < -0.3 is 10.5 Å². The van der Waals surface area contributed by atoms with Gasteiger partial charge in [0, 0.05) is 0 Å². The lowest BCUT2D eigenvalue weighted by molar-refractivity contribution is 0.308. The average Bonchev–Trinajstić information content (AvgIpc) is 2.29. The SMILES string of the molecule is CCCCOc1ccc(F)cc1C#CCN. The third-order valence-corrected chi connectivity index (χ3v) is 2.02. The standard InChI is InChI=1S/C13H16FNO/c1-2-3-9-16-13-7-6-12(14)10-11(13)5-4-8-15/h6-7,10H,2-3,8-9,15H2,1H3. The minimum absolute atomic E-state index is 0.255. The molecule has 0 aliphatic rings. The lowest BCUT2D eigenvalue weighted by Crippen LogP contribution is -1.99. The van der Waals surface area contributed by atoms with Crippen molar-refractivity contribution >= 4 is 0 Å². The largest absolute Gasteiger partial charge is 0.492 e. The monoisotopic (exact) mass is 221 g/mol. The molecule has 0 radical (unpaired) electrons. The van der Waals surface area contributed by atoms with E-state index in [2.05, 4.69) is 18.8 Å². The third kappa shape index (κ3) is 3.92. The molecule has 0 aromatic heterocycles. The summed E-state index contributed by atoms with van der Waals surface area (Å²) >= 11 is 0. The molecule has 0 heterocycles. The molecule has 0 fully saturated rings. The van der Waals surface area contributed by atoms with E-state index in [0.29, 0.717) is 17.9 Å². The van der Waals surface area contributed by atoms with E-state index in [0.717, 1.165) is 12.8 Å². The summed E-state index contributed by atoms with van der Waals surface area (Å²) < 4.78 is 18.5. The molecule has 0 atom stereocenters. The second-order valence-electron chi connectivity index (χ2n) is 3.35. The Hall–Kier alpha value is -1.53. The smallest absolute Gasteiger partial charge is 0.135 e. The van der Waals surface area contributed by atoms with Gasteiger partial charge >= 0.3 is 0 Å². The molecule has 0 saturated carbocycles. The van der Waals surface area contributed by atoms with Crippen molar-refractivity contribution < 1.29 is 9.13 Å². The predicted octanol–water partition coefficient (Wildman–Crippen LogP) is 2.31. The maximum absolute atomic E-state index is 13.0. The van der Waals surface area contributed by atoms with Gasteiger partial charge in [-0.3, -0.25) is 0 Å². The summed E-state index contributed by atoms with van der Waals surface area (Å²) in [6.07, 6.45) is 2.03. The number of benzene rings is 1. The van der Waals surface area contributed by atoms with Crippen LogP contribution in [0, 0.1) is 17.7 Å². The Morgan fingerprint density at radius 3 is 2.94 bits per heavy atom. The van der Waals surface area contributed by atoms with Crippen molar-refractivity contribution in [1.29, 1.82) is 0 Å². The maximum Gasteiger partial charge on any atom is 0.135 e. The van der Waals surface area contributed by atoms with Crippen molar-refractivity contribution in [2.75, 3.05) is 13.2 Å². The fourth-order valence-electron chi connectivity index (χ4n) is 1.20. The molecule has 0 aliphatic carbocycles. The van der Waals surface area contributed by atoms with Crippen LogP contribution in [0.15, 0.2) is 18.2 Å². The molecule has 16 heavy (non-hydrogen) atoms. The first-order valence-electron chi connectivity index (χ1n) is 5.39. The number of ether oxygens (including phenoxy) is 1. The number of unbranched alkanes of at least 4 members (excludes halogenated alkanes) is 1. The summed E-state index contributed by atoms with van der Waals surface area (Å²) in [6.45, 7) is 2.97. The van der Waals surface area contributed by atoms with Crippen LogP contribution in [0.25, 0.3) is 0 Å². The Balaban J connectivity index is 2.80. The summed E-state index contributed by atoms with van der Waals surface area (Å²) in [7, 11) is 0. The molecule has 0 amide bonds. The van der Waals surface area contributed by atoms with Crippen molar-refractivity contribution in [2.45, 2.75) is 19.8 Å². The van der Waals surface area contributed by atoms with Gasteiger partial charge in [-0.1, -0.05) is 25.2 Å². The Morgan fingerprint density at radius 2 is 2.25 bits per heavy atom. The Kier molecular flexibility index (Phi) is 5.38. The van der Waals surface area contributed by atoms with Crippen molar-refractivity contribution in [3.8, 4) is 17.6 Å². The van der Waals surface area contributed by atoms with Crippen LogP contribution in [-0.2, 0) is 0 Å². The molecule has 1 rings (SSSR count). The topological polar surface area (TPSA) is 35.2 Å². The molecule has 0 spiro atoms. The van der Waals surface area contributed by atoms with Gasteiger partial charge in [0.05, 0.1) is 18.7 Å². The van der Waals surface area contributed by atoms with Crippen LogP contribution in [0.2, 0.25) is 0 Å². The fraction of sp³-hybridized carbons (Fsp3) is 0.385. The van der Waals surface area contributed by atoms with Gasteiger partial charge in [0.2, 0.25) is 0 Å². The molecule has 2 nitrogen and oxygen atoms in total. The van der Waals surface area contributed by atoms with Crippen LogP contribution >= 0.6 is 0 Å². The van der Waals surface area contributed by atoms with E-state index in [-0.39, 0.29) is 12.4 Å². The number of rotatable bonds is 4. The van der Waals surface area contributed by atoms with Crippen molar-refractivity contribution in [2.24, 2.45) is 5.73 Å². The highest BCUT2D eigenvalue weighted by Crippen LogP contribution is 2.18. The van der Waals surface area contributed by atoms with Gasteiger partial charge in [-0.15, -0.1) is 0 Å². The van der Waals surface area contributed by atoms with E-state index in [1.165, 1.54) is 12.1 Å². The van der Waals surface area contributed by atoms with E-state index >= 15 is 0 Å². The van der Waals surface area contributed by atoms with Gasteiger partial charge in [0.25, 0.3) is 0 Å². The molecule has 0 unspecified atom stereocenters. The molecule has 0 bridgehead atoms. The second-order valence-corrected chi connectivity index (χ2v) is 3.35. The summed E-state index contributed by atoms with van der Waals surface area (Å²) in [5.41, 5.74) is 5.83. The molecule has 0 saturated heterocycles. The highest BCUT2D eigenvalue weighted by atomic mass is 19.1. The van der Waals surface area contributed by atoms with Gasteiger partial charge in [0.15, 0.2) is 0 Å². The van der Waals surface area contributed by atoms with Gasteiger partial charge in [0.1, 0.15) is 11.6 Å². The Morgan fingerprint density at radius 1 is 1.44 bits per heavy atom. The molecule has 0 aliphatic heterocycles. The maximum atomic E-state index is 13.0. The van der Waals surface area contributed by atoms with Crippen molar-refractivity contribution in [1.82, 2.24) is 0 Å². The highest BCUT2D eigenvalue weighted by molar-refractivity contribution is 5.46. The Bertz CT molecular complexity index is 393. The number of hydrogen-bond acceptors (Lipinski definition) is 2. The number of nitrogens with two attached hydrogens (primary N) is 1. The molecule has 1 aromatic carbocycles. The van der Waals surface area contributed by atoms with Crippen LogP contribution in [0.1, 0.15) is 25.3 Å². The van der Waals surface area contributed by atoms with E-state index in [4.69, 9.17) is 10.5 Å². The first kappa shape index (κ1) is 12.5. The average molecular weight is 221 g/mol. The lowest BCUT2D eigenvalue weighted by Gasteiger charge is -2.07. The van der Waals surface area contributed by atoms with Gasteiger partial charge in [-0.2, -0.15) is 0 Å². The molecule has 1 aromatic rings. The van der Waals surface area contributed by atoms with E-state index in [1.54, 1.807) is 6.07 Å². The van der Waals surface area contributed by atoms with Crippen LogP contribution in [0.4, 0.5) is 4.39 Å². The zero-order chi connectivity index (χ0) is 11.8. The number of hydrogen-bond donors (Lipinski definition) is 1. The number of halogens is 1. The minimum Gasteiger partial charge on any atom is -0.492 e. The molecule has 86 valence electrons. The quantitative estimate of drug-likeness (QED) is 0.625. The summed E-state index contributed by atoms with van der Waals surface area (Å²) in [5, 5.41) is 0. The summed E-state index contributed by atoms with van der Waals surface area (Å²) in [6, 6.07) is 4.34.